The number of nitrogens with zero attached hydrogens (tertiary/aromatic N) is 3. The van der Waals surface area contributed by atoms with Crippen molar-refractivity contribution >= 4 is 38.4 Å². The van der Waals surface area contributed by atoms with E-state index in [1.807, 2.05) is 42.5 Å². The lowest BCUT2D eigenvalue weighted by atomic mass is 10.0. The summed E-state index contributed by atoms with van der Waals surface area (Å²) in [5, 5.41) is 13.0. The van der Waals surface area contributed by atoms with Crippen LogP contribution in [0.5, 0.6) is 0 Å². The van der Waals surface area contributed by atoms with Crippen molar-refractivity contribution in [2.75, 3.05) is 0 Å². The molecule has 3 aromatic rings. The molecule has 0 atom stereocenters. The lowest BCUT2D eigenvalue weighted by molar-refractivity contribution is -0.390. The summed E-state index contributed by atoms with van der Waals surface area (Å²) in [6.07, 6.45) is 0.133. The standard InChI is InChI=1S/C16H12BrN3O3/c1-10-18-16(20(22)23)15(17)19(10)14(21)9-12-7-4-6-11-5-2-3-8-13(11)12/h2-8H,9H2,1H3. The van der Waals surface area contributed by atoms with E-state index in [1.54, 1.807) is 6.92 Å². The molecule has 0 aliphatic carbocycles. The van der Waals surface area contributed by atoms with Crippen LogP contribution in [0.4, 0.5) is 5.82 Å². The van der Waals surface area contributed by atoms with Gasteiger partial charge in [-0.2, -0.15) is 0 Å². The molecule has 116 valence electrons. The first-order valence-electron chi connectivity index (χ1n) is 6.88. The van der Waals surface area contributed by atoms with Crippen LogP contribution in [0.1, 0.15) is 16.2 Å². The summed E-state index contributed by atoms with van der Waals surface area (Å²) >= 11 is 3.10. The van der Waals surface area contributed by atoms with Crippen LogP contribution >= 0.6 is 15.9 Å². The number of carbonyl (C=O) groups is 1. The Hall–Kier alpha value is -2.54. The van der Waals surface area contributed by atoms with Gasteiger partial charge in [-0.25, -0.2) is 4.57 Å². The van der Waals surface area contributed by atoms with Gasteiger partial charge in [-0.1, -0.05) is 42.5 Å². The van der Waals surface area contributed by atoms with Crippen LogP contribution in [0, 0.1) is 17.0 Å². The fourth-order valence-corrected chi connectivity index (χ4v) is 3.27. The van der Waals surface area contributed by atoms with Gasteiger partial charge in [0.05, 0.1) is 6.42 Å². The van der Waals surface area contributed by atoms with Crippen molar-refractivity contribution in [3.63, 3.8) is 0 Å². The van der Waals surface area contributed by atoms with Gasteiger partial charge in [0.25, 0.3) is 0 Å². The molecule has 0 fully saturated rings. The van der Waals surface area contributed by atoms with E-state index in [2.05, 4.69) is 20.9 Å². The second kappa shape index (κ2) is 5.92. The number of hydrogen-bond acceptors (Lipinski definition) is 4. The Morgan fingerprint density at radius 2 is 1.96 bits per heavy atom. The molecule has 0 saturated carbocycles. The second-order valence-electron chi connectivity index (χ2n) is 5.07. The van der Waals surface area contributed by atoms with Gasteiger partial charge in [-0.3, -0.25) is 4.79 Å². The van der Waals surface area contributed by atoms with Crippen LogP contribution in [0.25, 0.3) is 10.8 Å². The van der Waals surface area contributed by atoms with E-state index in [1.165, 1.54) is 4.57 Å². The highest BCUT2D eigenvalue weighted by Gasteiger charge is 2.27. The second-order valence-corrected chi connectivity index (χ2v) is 5.83. The first kappa shape index (κ1) is 15.4. The number of aryl methyl sites for hydroxylation is 1. The maximum Gasteiger partial charge on any atom is 0.397 e. The molecule has 7 heteroatoms. The van der Waals surface area contributed by atoms with E-state index < -0.39 is 4.92 Å². The maximum atomic E-state index is 12.6. The minimum atomic E-state index is -0.612. The van der Waals surface area contributed by atoms with Crippen molar-refractivity contribution in [2.24, 2.45) is 0 Å². The summed E-state index contributed by atoms with van der Waals surface area (Å²) in [5.74, 6) is -0.339. The minimum Gasteiger partial charge on any atom is -0.358 e. The average molecular weight is 374 g/mol. The molecule has 0 amide bonds. The molecule has 1 aromatic heterocycles. The number of imidazole rings is 1. The highest BCUT2D eigenvalue weighted by Crippen LogP contribution is 2.26. The summed E-state index contributed by atoms with van der Waals surface area (Å²) in [4.78, 5) is 26.8. The number of hydrogen-bond donors (Lipinski definition) is 0. The van der Waals surface area contributed by atoms with Gasteiger partial charge in [0.2, 0.25) is 11.7 Å². The minimum absolute atomic E-state index is 0.0743. The van der Waals surface area contributed by atoms with Gasteiger partial charge < -0.3 is 10.1 Å². The molecular weight excluding hydrogens is 362 g/mol. The fourth-order valence-electron chi connectivity index (χ4n) is 2.59. The summed E-state index contributed by atoms with van der Waals surface area (Å²) in [6.45, 7) is 1.57. The van der Waals surface area contributed by atoms with Gasteiger partial charge in [-0.15, -0.1) is 0 Å². The Labute approximate surface area is 140 Å². The molecule has 0 N–H and O–H groups in total. The topological polar surface area (TPSA) is 78.0 Å². The van der Waals surface area contributed by atoms with Crippen LogP contribution in [0.15, 0.2) is 47.1 Å². The summed E-state index contributed by atoms with van der Waals surface area (Å²) in [7, 11) is 0. The van der Waals surface area contributed by atoms with Crippen molar-refractivity contribution < 1.29 is 9.72 Å². The zero-order valence-corrected chi connectivity index (χ0v) is 13.8. The Morgan fingerprint density at radius 3 is 2.65 bits per heavy atom. The molecule has 0 spiro atoms. The molecule has 0 radical (unpaired) electrons. The first-order chi connectivity index (χ1) is 11.0. The predicted molar refractivity (Wildman–Crippen MR) is 89.6 cm³/mol. The molecule has 0 unspecified atom stereocenters. The molecule has 3 rings (SSSR count). The van der Waals surface area contributed by atoms with Gasteiger partial charge in [0, 0.05) is 6.92 Å². The van der Waals surface area contributed by atoms with Crippen LogP contribution < -0.4 is 0 Å². The number of aromatic nitrogens is 2. The summed E-state index contributed by atoms with van der Waals surface area (Å²) in [5.41, 5.74) is 0.871. The molecule has 0 saturated heterocycles. The third-order valence-corrected chi connectivity index (χ3v) is 4.33. The lowest BCUT2D eigenvalue weighted by Crippen LogP contribution is -2.15. The normalized spacial score (nSPS) is 10.9. The van der Waals surface area contributed by atoms with Crippen molar-refractivity contribution in [3.05, 3.63) is 68.6 Å². The van der Waals surface area contributed by atoms with E-state index in [0.717, 1.165) is 16.3 Å². The van der Waals surface area contributed by atoms with Crippen molar-refractivity contribution in [1.82, 2.24) is 9.55 Å². The van der Waals surface area contributed by atoms with Gasteiger partial charge in [-0.05, 0) is 42.2 Å². The number of nitro groups is 1. The van der Waals surface area contributed by atoms with Crippen LogP contribution in [-0.2, 0) is 6.42 Å². The zero-order valence-electron chi connectivity index (χ0n) is 12.2. The maximum absolute atomic E-state index is 12.6. The van der Waals surface area contributed by atoms with E-state index in [-0.39, 0.29) is 28.6 Å². The third kappa shape index (κ3) is 2.75. The van der Waals surface area contributed by atoms with Crippen molar-refractivity contribution in [3.8, 4) is 0 Å². The van der Waals surface area contributed by atoms with E-state index in [4.69, 9.17) is 0 Å². The van der Waals surface area contributed by atoms with Crippen LogP contribution in [-0.4, -0.2) is 20.4 Å². The average Bonchev–Trinajstić information content (AvgIpc) is 2.83. The SMILES string of the molecule is Cc1nc([N+](=O)[O-])c(Br)n1C(=O)Cc1cccc2ccccc12. The largest absolute Gasteiger partial charge is 0.397 e. The van der Waals surface area contributed by atoms with E-state index in [9.17, 15) is 14.9 Å². The fraction of sp³-hybridized carbons (Fsp3) is 0.125. The number of fused-ring (bicyclic) bond motifs is 1. The Morgan fingerprint density at radius 1 is 1.26 bits per heavy atom. The number of benzene rings is 2. The highest BCUT2D eigenvalue weighted by atomic mass is 79.9. The Balaban J connectivity index is 2.00. The first-order valence-corrected chi connectivity index (χ1v) is 7.67. The molecule has 0 bridgehead atoms. The van der Waals surface area contributed by atoms with E-state index >= 15 is 0 Å². The Kier molecular flexibility index (Phi) is 3.96. The molecule has 0 aliphatic rings. The number of rotatable bonds is 3. The quantitative estimate of drug-likeness (QED) is 0.515. The van der Waals surface area contributed by atoms with Crippen LogP contribution in [0.3, 0.4) is 0 Å². The van der Waals surface area contributed by atoms with E-state index in [0.29, 0.717) is 0 Å². The summed E-state index contributed by atoms with van der Waals surface area (Å²) in [6, 6.07) is 13.5. The van der Waals surface area contributed by atoms with Crippen molar-refractivity contribution in [2.45, 2.75) is 13.3 Å². The monoisotopic (exact) mass is 373 g/mol. The van der Waals surface area contributed by atoms with Crippen molar-refractivity contribution in [1.29, 1.82) is 0 Å². The number of halogens is 1. The summed E-state index contributed by atoms with van der Waals surface area (Å²) < 4.78 is 1.31. The highest BCUT2D eigenvalue weighted by molar-refractivity contribution is 9.10. The third-order valence-electron chi connectivity index (χ3n) is 3.62. The molecule has 2 aromatic carbocycles. The molecular formula is C16H12BrN3O3. The molecule has 6 nitrogen and oxygen atoms in total. The zero-order chi connectivity index (χ0) is 16.6. The van der Waals surface area contributed by atoms with Gasteiger partial charge >= 0.3 is 5.82 Å². The molecule has 1 heterocycles. The smallest absolute Gasteiger partial charge is 0.358 e. The van der Waals surface area contributed by atoms with Gasteiger partial charge in [0.1, 0.15) is 0 Å². The molecule has 0 aliphatic heterocycles. The molecule has 23 heavy (non-hydrogen) atoms. The lowest BCUT2D eigenvalue weighted by Gasteiger charge is -2.07. The Bertz CT molecular complexity index is 928. The van der Waals surface area contributed by atoms with Gasteiger partial charge in [0.15, 0.2) is 4.60 Å². The number of carbonyl (C=O) groups excluding carboxylic acids is 1. The predicted octanol–water partition coefficient (Wildman–Crippen LogP) is 3.90. The van der Waals surface area contributed by atoms with Crippen LogP contribution in [0.2, 0.25) is 0 Å².